The summed E-state index contributed by atoms with van der Waals surface area (Å²) in [5, 5.41) is 0. The number of carbonyl (C=O) groups is 1. The summed E-state index contributed by atoms with van der Waals surface area (Å²) in [5.74, 6) is 0.775. The molecule has 1 aromatic heterocycles. The van der Waals surface area contributed by atoms with E-state index in [1.54, 1.807) is 12.1 Å². The van der Waals surface area contributed by atoms with Gasteiger partial charge in [0.1, 0.15) is 5.75 Å². The molecule has 1 heterocycles. The third-order valence-electron chi connectivity index (χ3n) is 6.21. The molecule has 2 aliphatic carbocycles. The first-order valence-corrected chi connectivity index (χ1v) is 10.5. The molecule has 28 heavy (non-hydrogen) atoms. The standard InChI is InChI=1S/C23H29N3O2/c1-2-26(19-6-4-3-5-7-19)20-12-16-8-10-21(14-18(16)13-20)28-22-11-9-17(15-25-22)23(24)27/h8-11,14-15,19-20H,2-7,12-13H2,1H3,(H2,24,27). The molecule has 4 rings (SSSR count). The first kappa shape index (κ1) is 18.9. The second-order valence-electron chi connectivity index (χ2n) is 7.97. The van der Waals surface area contributed by atoms with E-state index in [-0.39, 0.29) is 0 Å². The number of hydrogen-bond donors (Lipinski definition) is 1. The molecule has 0 radical (unpaired) electrons. The van der Waals surface area contributed by atoms with Crippen molar-refractivity contribution in [3.8, 4) is 11.6 Å². The maximum absolute atomic E-state index is 11.2. The lowest BCUT2D eigenvalue weighted by Gasteiger charge is -2.37. The predicted molar refractivity (Wildman–Crippen MR) is 110 cm³/mol. The number of pyridine rings is 1. The number of likely N-dealkylation sites (N-methyl/N-ethyl adjacent to an activating group) is 1. The normalized spacial score (nSPS) is 19.6. The van der Waals surface area contributed by atoms with Crippen molar-refractivity contribution in [1.29, 1.82) is 0 Å². The van der Waals surface area contributed by atoms with Crippen LogP contribution in [0.1, 0.15) is 60.5 Å². The lowest BCUT2D eigenvalue weighted by Crippen LogP contribution is -2.44. The molecule has 5 heteroatoms. The van der Waals surface area contributed by atoms with Crippen molar-refractivity contribution in [3.05, 3.63) is 53.2 Å². The molecule has 1 fully saturated rings. The van der Waals surface area contributed by atoms with Crippen LogP contribution < -0.4 is 10.5 Å². The maximum atomic E-state index is 11.2. The van der Waals surface area contributed by atoms with Gasteiger partial charge in [0, 0.05) is 24.3 Å². The van der Waals surface area contributed by atoms with E-state index < -0.39 is 5.91 Å². The Balaban J connectivity index is 1.44. The summed E-state index contributed by atoms with van der Waals surface area (Å²) in [6.07, 6.45) is 10.5. The number of amides is 1. The molecule has 1 saturated carbocycles. The van der Waals surface area contributed by atoms with Crippen LogP contribution in [0.25, 0.3) is 0 Å². The van der Waals surface area contributed by atoms with Crippen molar-refractivity contribution < 1.29 is 9.53 Å². The van der Waals surface area contributed by atoms with Crippen LogP contribution in [0.2, 0.25) is 0 Å². The number of rotatable bonds is 6. The average molecular weight is 380 g/mol. The molecule has 148 valence electrons. The van der Waals surface area contributed by atoms with Crippen molar-refractivity contribution in [2.45, 2.75) is 64.0 Å². The lowest BCUT2D eigenvalue weighted by atomic mass is 9.92. The Kier molecular flexibility index (Phi) is 5.62. The molecule has 2 N–H and O–H groups in total. The van der Waals surface area contributed by atoms with Crippen molar-refractivity contribution in [2.24, 2.45) is 5.73 Å². The summed E-state index contributed by atoms with van der Waals surface area (Å²) in [4.78, 5) is 18.1. The number of hydrogen-bond acceptors (Lipinski definition) is 4. The SMILES string of the molecule is CCN(C1CCCCC1)C1Cc2ccc(Oc3ccc(C(N)=O)cn3)cc2C1. The zero-order valence-electron chi connectivity index (χ0n) is 16.6. The Bertz CT molecular complexity index is 828. The Morgan fingerprint density at radius 1 is 1.11 bits per heavy atom. The monoisotopic (exact) mass is 379 g/mol. The van der Waals surface area contributed by atoms with Crippen molar-refractivity contribution in [1.82, 2.24) is 9.88 Å². The second kappa shape index (κ2) is 8.31. The van der Waals surface area contributed by atoms with Gasteiger partial charge in [-0.1, -0.05) is 32.3 Å². The van der Waals surface area contributed by atoms with Crippen LogP contribution >= 0.6 is 0 Å². The number of benzene rings is 1. The fourth-order valence-corrected chi connectivity index (χ4v) is 4.80. The van der Waals surface area contributed by atoms with Crippen LogP contribution in [0.4, 0.5) is 0 Å². The molecule has 0 aliphatic heterocycles. The fourth-order valence-electron chi connectivity index (χ4n) is 4.80. The summed E-state index contributed by atoms with van der Waals surface area (Å²) in [7, 11) is 0. The molecule has 5 nitrogen and oxygen atoms in total. The number of primary amides is 1. The van der Waals surface area contributed by atoms with Crippen LogP contribution in [0.5, 0.6) is 11.6 Å². The Morgan fingerprint density at radius 3 is 2.57 bits per heavy atom. The molecule has 0 spiro atoms. The Morgan fingerprint density at radius 2 is 1.89 bits per heavy atom. The van der Waals surface area contributed by atoms with Gasteiger partial charge in [-0.2, -0.15) is 0 Å². The van der Waals surface area contributed by atoms with E-state index >= 15 is 0 Å². The molecule has 0 saturated heterocycles. The molecule has 2 aromatic rings. The van der Waals surface area contributed by atoms with Crippen LogP contribution in [0, 0.1) is 0 Å². The summed E-state index contributed by atoms with van der Waals surface area (Å²) in [6.45, 7) is 3.43. The zero-order chi connectivity index (χ0) is 19.5. The highest BCUT2D eigenvalue weighted by atomic mass is 16.5. The van der Waals surface area contributed by atoms with Crippen molar-refractivity contribution in [3.63, 3.8) is 0 Å². The quantitative estimate of drug-likeness (QED) is 0.821. The van der Waals surface area contributed by atoms with E-state index in [4.69, 9.17) is 10.5 Å². The van der Waals surface area contributed by atoms with E-state index in [1.807, 2.05) is 6.07 Å². The third kappa shape index (κ3) is 4.04. The molecule has 0 bridgehead atoms. The second-order valence-corrected chi connectivity index (χ2v) is 7.97. The predicted octanol–water partition coefficient (Wildman–Crippen LogP) is 4.09. The minimum atomic E-state index is -0.485. The van der Waals surface area contributed by atoms with Gasteiger partial charge in [-0.05, 0) is 61.6 Å². The smallest absolute Gasteiger partial charge is 0.250 e. The first-order valence-electron chi connectivity index (χ1n) is 10.5. The van der Waals surface area contributed by atoms with Crippen LogP contribution in [0.15, 0.2) is 36.5 Å². The van der Waals surface area contributed by atoms with E-state index in [0.29, 0.717) is 17.5 Å². The number of nitrogens with zero attached hydrogens (tertiary/aromatic N) is 2. The molecule has 1 amide bonds. The number of aromatic nitrogens is 1. The van der Waals surface area contributed by atoms with Crippen LogP contribution in [-0.4, -0.2) is 34.4 Å². The molecular weight excluding hydrogens is 350 g/mol. The van der Waals surface area contributed by atoms with E-state index in [1.165, 1.54) is 49.4 Å². The van der Waals surface area contributed by atoms with Gasteiger partial charge < -0.3 is 10.5 Å². The van der Waals surface area contributed by atoms with Gasteiger partial charge in [0.2, 0.25) is 11.8 Å². The van der Waals surface area contributed by atoms with Crippen molar-refractivity contribution >= 4 is 5.91 Å². The fraction of sp³-hybridized carbons (Fsp3) is 0.478. The van der Waals surface area contributed by atoms with E-state index in [2.05, 4.69) is 28.9 Å². The molecular formula is C23H29N3O2. The Labute approximate surface area is 166 Å². The topological polar surface area (TPSA) is 68.5 Å². The minimum Gasteiger partial charge on any atom is -0.439 e. The Hall–Kier alpha value is -2.40. The molecule has 1 unspecified atom stereocenters. The minimum absolute atomic E-state index is 0.381. The van der Waals surface area contributed by atoms with Gasteiger partial charge >= 0.3 is 0 Å². The number of fused-ring (bicyclic) bond motifs is 1. The molecule has 2 aliphatic rings. The summed E-state index contributed by atoms with van der Waals surface area (Å²) >= 11 is 0. The third-order valence-corrected chi connectivity index (χ3v) is 6.21. The van der Waals surface area contributed by atoms with E-state index in [9.17, 15) is 4.79 Å². The van der Waals surface area contributed by atoms with Gasteiger partial charge in [-0.15, -0.1) is 0 Å². The summed E-state index contributed by atoms with van der Waals surface area (Å²) in [5.41, 5.74) is 8.45. The average Bonchev–Trinajstić information content (AvgIpc) is 3.12. The maximum Gasteiger partial charge on any atom is 0.250 e. The lowest BCUT2D eigenvalue weighted by molar-refractivity contribution is 0.1000. The summed E-state index contributed by atoms with van der Waals surface area (Å²) in [6, 6.07) is 11.0. The van der Waals surface area contributed by atoms with E-state index in [0.717, 1.165) is 31.2 Å². The van der Waals surface area contributed by atoms with Gasteiger partial charge in [0.15, 0.2) is 0 Å². The van der Waals surface area contributed by atoms with Gasteiger partial charge in [-0.25, -0.2) is 4.98 Å². The first-order chi connectivity index (χ1) is 13.6. The van der Waals surface area contributed by atoms with Gasteiger partial charge in [0.05, 0.1) is 5.56 Å². The van der Waals surface area contributed by atoms with Crippen molar-refractivity contribution in [2.75, 3.05) is 6.54 Å². The van der Waals surface area contributed by atoms with Crippen LogP contribution in [0.3, 0.4) is 0 Å². The number of carbonyl (C=O) groups excluding carboxylic acids is 1. The molecule has 1 aromatic carbocycles. The molecule has 1 atom stereocenters. The summed E-state index contributed by atoms with van der Waals surface area (Å²) < 4.78 is 5.90. The highest BCUT2D eigenvalue weighted by Crippen LogP contribution is 2.33. The van der Waals surface area contributed by atoms with Gasteiger partial charge in [-0.3, -0.25) is 9.69 Å². The highest BCUT2D eigenvalue weighted by Gasteiger charge is 2.31. The largest absolute Gasteiger partial charge is 0.439 e. The highest BCUT2D eigenvalue weighted by molar-refractivity contribution is 5.92. The number of ether oxygens (including phenoxy) is 1. The van der Waals surface area contributed by atoms with Crippen LogP contribution in [-0.2, 0) is 12.8 Å². The zero-order valence-corrected chi connectivity index (χ0v) is 16.6. The van der Waals surface area contributed by atoms with Gasteiger partial charge in [0.25, 0.3) is 0 Å². The number of nitrogens with two attached hydrogens (primary N) is 1.